The van der Waals surface area contributed by atoms with Crippen molar-refractivity contribution in [3.63, 3.8) is 0 Å². The van der Waals surface area contributed by atoms with Gasteiger partial charge in [-0.15, -0.1) is 11.3 Å². The molecule has 0 saturated heterocycles. The van der Waals surface area contributed by atoms with Crippen LogP contribution in [-0.4, -0.2) is 0 Å². The summed E-state index contributed by atoms with van der Waals surface area (Å²) in [5, 5.41) is 4.13. The first-order valence-corrected chi connectivity index (χ1v) is 7.68. The van der Waals surface area contributed by atoms with Crippen LogP contribution >= 0.6 is 57.1 Å². The normalized spacial score (nSPS) is 12.5. The fourth-order valence-corrected chi connectivity index (χ4v) is 3.45. The molecule has 1 nitrogen and oxygen atoms in total. The van der Waals surface area contributed by atoms with Crippen molar-refractivity contribution < 1.29 is 0 Å². The van der Waals surface area contributed by atoms with Gasteiger partial charge in [0, 0.05) is 8.45 Å². The fraction of sp³-hybridized carbons (Fsp3) is 0.167. The van der Waals surface area contributed by atoms with Crippen LogP contribution in [0.25, 0.3) is 0 Å². The highest BCUT2D eigenvalue weighted by atomic mass is 127. The van der Waals surface area contributed by atoms with Crippen molar-refractivity contribution in [2.45, 2.75) is 13.0 Å². The molecule has 5 heteroatoms. The van der Waals surface area contributed by atoms with E-state index in [9.17, 15) is 0 Å². The molecule has 1 atom stereocenters. The van der Waals surface area contributed by atoms with E-state index in [2.05, 4.69) is 34.8 Å². The molecular formula is C12H10Cl2INS. The van der Waals surface area contributed by atoms with Gasteiger partial charge in [0.25, 0.3) is 0 Å². The van der Waals surface area contributed by atoms with Crippen molar-refractivity contribution >= 4 is 62.8 Å². The van der Waals surface area contributed by atoms with Crippen molar-refractivity contribution in [3.05, 3.63) is 48.1 Å². The number of anilines is 1. The highest BCUT2D eigenvalue weighted by Gasteiger charge is 2.10. The van der Waals surface area contributed by atoms with Crippen LogP contribution in [0.1, 0.15) is 17.8 Å². The minimum atomic E-state index is 0.199. The lowest BCUT2D eigenvalue weighted by Crippen LogP contribution is -2.05. The lowest BCUT2D eigenvalue weighted by molar-refractivity contribution is 0.908. The Morgan fingerprint density at radius 3 is 2.59 bits per heavy atom. The average molecular weight is 398 g/mol. The molecule has 0 amide bonds. The first kappa shape index (κ1) is 13.5. The molecular weight excluding hydrogens is 388 g/mol. The lowest BCUT2D eigenvalue weighted by Gasteiger charge is -2.15. The van der Waals surface area contributed by atoms with Crippen LogP contribution < -0.4 is 5.32 Å². The monoisotopic (exact) mass is 397 g/mol. The second-order valence-electron chi connectivity index (χ2n) is 3.63. The van der Waals surface area contributed by atoms with Gasteiger partial charge in [0.1, 0.15) is 0 Å². The van der Waals surface area contributed by atoms with Gasteiger partial charge in [-0.3, -0.25) is 0 Å². The molecule has 0 aliphatic rings. The second-order valence-corrected chi connectivity index (χ2v) is 7.03. The summed E-state index contributed by atoms with van der Waals surface area (Å²) in [6, 6.07) is 10.1. The molecule has 1 aromatic heterocycles. The van der Waals surface area contributed by atoms with Gasteiger partial charge in [0.2, 0.25) is 0 Å². The Bertz CT molecular complexity index is 527. The van der Waals surface area contributed by atoms with E-state index in [0.717, 1.165) is 18.6 Å². The van der Waals surface area contributed by atoms with Gasteiger partial charge in [-0.2, -0.15) is 0 Å². The Labute approximate surface area is 128 Å². The van der Waals surface area contributed by atoms with Crippen LogP contribution in [0.2, 0.25) is 9.36 Å². The van der Waals surface area contributed by atoms with Gasteiger partial charge in [-0.05, 0) is 59.8 Å². The third-order valence-electron chi connectivity index (χ3n) is 2.32. The fourth-order valence-electron chi connectivity index (χ4n) is 1.47. The van der Waals surface area contributed by atoms with E-state index in [0.29, 0.717) is 0 Å². The minimum Gasteiger partial charge on any atom is -0.377 e. The molecule has 1 heterocycles. The van der Waals surface area contributed by atoms with E-state index in [1.165, 1.54) is 4.88 Å². The van der Waals surface area contributed by atoms with Crippen molar-refractivity contribution in [2.75, 3.05) is 5.32 Å². The van der Waals surface area contributed by atoms with Crippen LogP contribution in [0.15, 0.2) is 30.3 Å². The maximum Gasteiger partial charge on any atom is 0.0932 e. The SMILES string of the molecule is CC(Nc1ccc(I)cc1Cl)c1ccc(Cl)s1. The highest BCUT2D eigenvalue weighted by molar-refractivity contribution is 14.1. The quantitative estimate of drug-likeness (QED) is 0.642. The molecule has 2 aromatic rings. The van der Waals surface area contributed by atoms with Gasteiger partial charge < -0.3 is 5.32 Å². The molecule has 1 unspecified atom stereocenters. The van der Waals surface area contributed by atoms with E-state index < -0.39 is 0 Å². The topological polar surface area (TPSA) is 12.0 Å². The van der Waals surface area contributed by atoms with Crippen molar-refractivity contribution in [2.24, 2.45) is 0 Å². The molecule has 0 saturated carbocycles. The molecule has 0 radical (unpaired) electrons. The van der Waals surface area contributed by atoms with E-state index in [4.69, 9.17) is 23.2 Å². The van der Waals surface area contributed by atoms with E-state index in [-0.39, 0.29) is 6.04 Å². The number of hydrogen-bond donors (Lipinski definition) is 1. The molecule has 0 aliphatic heterocycles. The third-order valence-corrected chi connectivity index (χ3v) is 4.72. The van der Waals surface area contributed by atoms with Crippen LogP contribution in [0.3, 0.4) is 0 Å². The molecule has 0 spiro atoms. The smallest absolute Gasteiger partial charge is 0.0932 e. The predicted molar refractivity (Wildman–Crippen MR) is 85.5 cm³/mol. The number of thiophene rings is 1. The van der Waals surface area contributed by atoms with E-state index in [1.807, 2.05) is 30.3 Å². The van der Waals surface area contributed by atoms with Crippen LogP contribution in [0.5, 0.6) is 0 Å². The average Bonchev–Trinajstić information content (AvgIpc) is 2.69. The molecule has 1 N–H and O–H groups in total. The molecule has 0 aliphatic carbocycles. The Balaban J connectivity index is 2.15. The van der Waals surface area contributed by atoms with Gasteiger partial charge in [-0.1, -0.05) is 23.2 Å². The number of nitrogens with one attached hydrogen (secondary N) is 1. The van der Waals surface area contributed by atoms with Gasteiger partial charge in [0.15, 0.2) is 0 Å². The molecule has 17 heavy (non-hydrogen) atoms. The zero-order valence-corrected chi connectivity index (χ0v) is 13.5. The summed E-state index contributed by atoms with van der Waals surface area (Å²) in [4.78, 5) is 1.20. The third kappa shape index (κ3) is 3.50. The van der Waals surface area contributed by atoms with Crippen molar-refractivity contribution in [3.8, 4) is 0 Å². The standard InChI is InChI=1S/C12H10Cl2INS/c1-7(11-4-5-12(14)17-11)16-10-3-2-8(15)6-9(10)13/h2-7,16H,1H3. The maximum absolute atomic E-state index is 6.18. The molecule has 0 bridgehead atoms. The Morgan fingerprint density at radius 1 is 1.24 bits per heavy atom. The lowest BCUT2D eigenvalue weighted by atomic mass is 10.2. The summed E-state index contributed by atoms with van der Waals surface area (Å²) in [7, 11) is 0. The molecule has 1 aromatic carbocycles. The number of halogens is 3. The van der Waals surface area contributed by atoms with Crippen LogP contribution in [-0.2, 0) is 0 Å². The number of rotatable bonds is 3. The highest BCUT2D eigenvalue weighted by Crippen LogP contribution is 2.31. The summed E-state index contributed by atoms with van der Waals surface area (Å²) < 4.78 is 1.94. The first-order valence-electron chi connectivity index (χ1n) is 5.03. The summed E-state index contributed by atoms with van der Waals surface area (Å²) in [6.07, 6.45) is 0. The van der Waals surface area contributed by atoms with Crippen LogP contribution in [0, 0.1) is 3.57 Å². The largest absolute Gasteiger partial charge is 0.377 e. The Morgan fingerprint density at radius 2 is 2.00 bits per heavy atom. The van der Waals surface area contributed by atoms with Gasteiger partial charge in [0.05, 0.1) is 21.1 Å². The summed E-state index contributed by atoms with van der Waals surface area (Å²) in [5.41, 5.74) is 0.948. The van der Waals surface area contributed by atoms with Crippen molar-refractivity contribution in [1.82, 2.24) is 0 Å². The molecule has 90 valence electrons. The Hall–Kier alpha value is 0.0300. The van der Waals surface area contributed by atoms with Gasteiger partial charge >= 0.3 is 0 Å². The summed E-state index contributed by atoms with van der Waals surface area (Å²) in [6.45, 7) is 2.09. The molecule has 2 rings (SSSR count). The van der Waals surface area contributed by atoms with Crippen LogP contribution in [0.4, 0.5) is 5.69 Å². The number of hydrogen-bond acceptors (Lipinski definition) is 2. The minimum absolute atomic E-state index is 0.199. The maximum atomic E-state index is 6.18. The van der Waals surface area contributed by atoms with Gasteiger partial charge in [-0.25, -0.2) is 0 Å². The first-order chi connectivity index (χ1) is 8.06. The molecule has 0 fully saturated rings. The predicted octanol–water partition coefficient (Wildman–Crippen LogP) is 5.83. The number of benzene rings is 1. The Kier molecular flexibility index (Phi) is 4.58. The zero-order valence-electron chi connectivity index (χ0n) is 9.01. The summed E-state index contributed by atoms with van der Waals surface area (Å²) >= 11 is 15.9. The van der Waals surface area contributed by atoms with Crippen molar-refractivity contribution in [1.29, 1.82) is 0 Å². The zero-order chi connectivity index (χ0) is 12.4. The van der Waals surface area contributed by atoms with E-state index in [1.54, 1.807) is 11.3 Å². The second kappa shape index (κ2) is 5.78. The van der Waals surface area contributed by atoms with E-state index >= 15 is 0 Å². The summed E-state index contributed by atoms with van der Waals surface area (Å²) in [5.74, 6) is 0.